The number of fused-ring (bicyclic) bond motifs is 1. The van der Waals surface area contributed by atoms with Crippen LogP contribution in [0.25, 0.3) is 10.2 Å². The Kier molecular flexibility index (Phi) is 4.69. The summed E-state index contributed by atoms with van der Waals surface area (Å²) >= 11 is 1.21. The average molecular weight is 384 g/mol. The van der Waals surface area contributed by atoms with Gasteiger partial charge in [0.05, 0.1) is 16.5 Å². The molecule has 0 saturated carbocycles. The van der Waals surface area contributed by atoms with E-state index in [0.29, 0.717) is 52.5 Å². The van der Waals surface area contributed by atoms with Crippen LogP contribution in [0.5, 0.6) is 0 Å². The zero-order valence-corrected chi connectivity index (χ0v) is 16.0. The molecule has 0 spiro atoms. The van der Waals surface area contributed by atoms with E-state index in [2.05, 4.69) is 9.97 Å². The molecule has 1 amide bonds. The largest absolute Gasteiger partial charge is 0.337 e. The van der Waals surface area contributed by atoms with Crippen LogP contribution in [0.15, 0.2) is 4.79 Å². The number of nitrogens with one attached hydrogen (secondary N) is 1. The maximum atomic E-state index is 12.9. The molecule has 0 atom stereocenters. The first-order chi connectivity index (χ1) is 11.7. The number of thiophene rings is 1. The Morgan fingerprint density at radius 2 is 1.92 bits per heavy atom. The van der Waals surface area contributed by atoms with Crippen molar-refractivity contribution in [3.63, 3.8) is 0 Å². The van der Waals surface area contributed by atoms with Crippen LogP contribution in [0.2, 0.25) is 0 Å². The van der Waals surface area contributed by atoms with Crippen molar-refractivity contribution in [3.8, 4) is 0 Å². The van der Waals surface area contributed by atoms with Gasteiger partial charge in [0.15, 0.2) is 0 Å². The van der Waals surface area contributed by atoms with Crippen LogP contribution in [0.1, 0.15) is 27.5 Å². The Bertz CT molecular complexity index is 993. The number of aryl methyl sites for hydroxylation is 2. The number of aromatic amines is 1. The second kappa shape index (κ2) is 6.50. The topological polar surface area (TPSA) is 103 Å². The summed E-state index contributed by atoms with van der Waals surface area (Å²) in [6.45, 7) is 4.97. The molecule has 10 heteroatoms. The molecule has 1 N–H and O–H groups in total. The van der Waals surface area contributed by atoms with Crippen molar-refractivity contribution in [2.24, 2.45) is 0 Å². The van der Waals surface area contributed by atoms with Gasteiger partial charge < -0.3 is 9.88 Å². The van der Waals surface area contributed by atoms with Crippen molar-refractivity contribution in [1.29, 1.82) is 0 Å². The number of carbonyl (C=O) groups is 1. The number of hydrogen-bond acceptors (Lipinski definition) is 6. The molecule has 0 bridgehead atoms. The Morgan fingerprint density at radius 1 is 1.20 bits per heavy atom. The molecular formula is C15H20N4O4S2. The van der Waals surface area contributed by atoms with Crippen LogP contribution in [-0.2, 0) is 10.0 Å². The Hall–Kier alpha value is -1.78. The molecule has 1 fully saturated rings. The summed E-state index contributed by atoms with van der Waals surface area (Å²) in [5.74, 6) is 0.337. The fourth-order valence-corrected chi connectivity index (χ4v) is 5.10. The SMILES string of the molecule is Cc1nc2sc(C(=O)N3CCCN(S(C)(=O)=O)CC3)c(C)c2c(=O)[nH]1. The maximum absolute atomic E-state index is 12.9. The van der Waals surface area contributed by atoms with Crippen molar-refractivity contribution < 1.29 is 13.2 Å². The van der Waals surface area contributed by atoms with Crippen LogP contribution in [0.3, 0.4) is 0 Å². The predicted octanol–water partition coefficient (Wildman–Crippen LogP) is 0.709. The molecule has 0 aromatic carbocycles. The number of nitrogens with zero attached hydrogens (tertiary/aromatic N) is 3. The van der Waals surface area contributed by atoms with Gasteiger partial charge >= 0.3 is 0 Å². The van der Waals surface area contributed by atoms with Gasteiger partial charge in [0.2, 0.25) is 10.0 Å². The van der Waals surface area contributed by atoms with Gasteiger partial charge in [0.25, 0.3) is 11.5 Å². The molecule has 0 unspecified atom stereocenters. The van der Waals surface area contributed by atoms with E-state index >= 15 is 0 Å². The highest BCUT2D eigenvalue weighted by molar-refractivity contribution is 7.88. The lowest BCUT2D eigenvalue weighted by Gasteiger charge is -2.20. The Balaban J connectivity index is 1.91. The number of carbonyl (C=O) groups excluding carboxylic acids is 1. The highest BCUT2D eigenvalue weighted by Crippen LogP contribution is 2.28. The van der Waals surface area contributed by atoms with Gasteiger partial charge in [-0.1, -0.05) is 0 Å². The lowest BCUT2D eigenvalue weighted by Crippen LogP contribution is -2.36. The van der Waals surface area contributed by atoms with Crippen molar-refractivity contribution in [1.82, 2.24) is 19.2 Å². The maximum Gasteiger partial charge on any atom is 0.264 e. The zero-order valence-electron chi connectivity index (χ0n) is 14.3. The van der Waals surface area contributed by atoms with Gasteiger partial charge in [0, 0.05) is 26.2 Å². The van der Waals surface area contributed by atoms with E-state index in [1.807, 2.05) is 0 Å². The summed E-state index contributed by atoms with van der Waals surface area (Å²) < 4.78 is 24.8. The molecule has 1 aliphatic rings. The van der Waals surface area contributed by atoms with Crippen LogP contribution >= 0.6 is 11.3 Å². The first kappa shape index (κ1) is 18.0. The number of amides is 1. The van der Waals surface area contributed by atoms with E-state index in [-0.39, 0.29) is 18.0 Å². The highest BCUT2D eigenvalue weighted by atomic mass is 32.2. The summed E-state index contributed by atoms with van der Waals surface area (Å²) in [4.78, 5) is 34.8. The summed E-state index contributed by atoms with van der Waals surface area (Å²) in [5.41, 5.74) is 0.386. The predicted molar refractivity (Wildman–Crippen MR) is 96.7 cm³/mol. The fourth-order valence-electron chi connectivity index (χ4n) is 3.03. The van der Waals surface area contributed by atoms with Crippen LogP contribution < -0.4 is 5.56 Å². The summed E-state index contributed by atoms with van der Waals surface area (Å²) in [6, 6.07) is 0. The molecule has 25 heavy (non-hydrogen) atoms. The molecule has 0 radical (unpaired) electrons. The van der Waals surface area contributed by atoms with E-state index in [1.54, 1.807) is 18.7 Å². The molecule has 136 valence electrons. The molecule has 3 rings (SSSR count). The first-order valence-electron chi connectivity index (χ1n) is 7.93. The summed E-state index contributed by atoms with van der Waals surface area (Å²) in [5, 5.41) is 0.450. The summed E-state index contributed by atoms with van der Waals surface area (Å²) in [6.07, 6.45) is 1.77. The number of hydrogen-bond donors (Lipinski definition) is 1. The Morgan fingerprint density at radius 3 is 2.60 bits per heavy atom. The molecule has 3 heterocycles. The van der Waals surface area contributed by atoms with Crippen molar-refractivity contribution in [2.45, 2.75) is 20.3 Å². The molecule has 0 aliphatic carbocycles. The molecule has 2 aromatic rings. The first-order valence-corrected chi connectivity index (χ1v) is 10.6. The lowest BCUT2D eigenvalue weighted by atomic mass is 10.2. The monoisotopic (exact) mass is 384 g/mol. The second-order valence-electron chi connectivity index (χ2n) is 6.20. The fraction of sp³-hybridized carbons (Fsp3) is 0.533. The highest BCUT2D eigenvalue weighted by Gasteiger charge is 2.27. The van der Waals surface area contributed by atoms with Gasteiger partial charge in [-0.05, 0) is 25.8 Å². The van der Waals surface area contributed by atoms with Crippen molar-refractivity contribution in [3.05, 3.63) is 26.6 Å². The zero-order chi connectivity index (χ0) is 18.4. The second-order valence-corrected chi connectivity index (χ2v) is 9.18. The minimum atomic E-state index is -3.26. The number of H-pyrrole nitrogens is 1. The lowest BCUT2D eigenvalue weighted by molar-refractivity contribution is 0.0768. The molecule has 1 saturated heterocycles. The number of aromatic nitrogens is 2. The normalized spacial score (nSPS) is 17.0. The smallest absolute Gasteiger partial charge is 0.264 e. The molecular weight excluding hydrogens is 364 g/mol. The van der Waals surface area contributed by atoms with Gasteiger partial charge in [-0.2, -0.15) is 0 Å². The average Bonchev–Trinajstić information content (AvgIpc) is 2.70. The van der Waals surface area contributed by atoms with Crippen LogP contribution in [0.4, 0.5) is 0 Å². The molecule has 2 aromatic heterocycles. The van der Waals surface area contributed by atoms with E-state index < -0.39 is 10.0 Å². The van der Waals surface area contributed by atoms with Crippen LogP contribution in [0, 0.1) is 13.8 Å². The van der Waals surface area contributed by atoms with Gasteiger partial charge in [-0.25, -0.2) is 17.7 Å². The van der Waals surface area contributed by atoms with Crippen LogP contribution in [-0.4, -0.2) is 65.9 Å². The third kappa shape index (κ3) is 3.46. The minimum absolute atomic E-state index is 0.173. The molecule has 8 nitrogen and oxygen atoms in total. The summed E-state index contributed by atoms with van der Waals surface area (Å²) in [7, 11) is -3.26. The van der Waals surface area contributed by atoms with Crippen molar-refractivity contribution >= 4 is 37.5 Å². The quantitative estimate of drug-likeness (QED) is 0.821. The van der Waals surface area contributed by atoms with Gasteiger partial charge in [-0.3, -0.25) is 9.59 Å². The Labute approximate surface area is 149 Å². The number of sulfonamides is 1. The van der Waals surface area contributed by atoms with Gasteiger partial charge in [0.1, 0.15) is 10.7 Å². The third-order valence-electron chi connectivity index (χ3n) is 4.32. The minimum Gasteiger partial charge on any atom is -0.337 e. The van der Waals surface area contributed by atoms with Gasteiger partial charge in [-0.15, -0.1) is 11.3 Å². The standard InChI is InChI=1S/C15H20N4O4S2/c1-9-11-13(20)16-10(2)17-14(11)24-12(9)15(21)18-5-4-6-19(8-7-18)25(3,22)23/h4-8H2,1-3H3,(H,16,17,20). The number of rotatable bonds is 2. The molecule has 1 aliphatic heterocycles. The van der Waals surface area contributed by atoms with E-state index in [1.165, 1.54) is 21.9 Å². The van der Waals surface area contributed by atoms with Crippen molar-refractivity contribution in [2.75, 3.05) is 32.4 Å². The third-order valence-corrected chi connectivity index (χ3v) is 6.80. The van der Waals surface area contributed by atoms with E-state index in [0.717, 1.165) is 0 Å². The van der Waals surface area contributed by atoms with E-state index in [4.69, 9.17) is 0 Å². The van der Waals surface area contributed by atoms with E-state index in [9.17, 15) is 18.0 Å².